The Kier molecular flexibility index (Phi) is 15.6. The lowest BCUT2D eigenvalue weighted by Crippen LogP contribution is -2.51. The summed E-state index contributed by atoms with van der Waals surface area (Å²) in [5, 5.41) is 48.8. The topological polar surface area (TPSA) is 209 Å². The lowest BCUT2D eigenvalue weighted by atomic mass is 10.0. The smallest absolute Gasteiger partial charge is 0.317 e. The van der Waals surface area contributed by atoms with Crippen LogP contribution in [0.4, 0.5) is 5.69 Å². The first-order valence-corrected chi connectivity index (χ1v) is 14.5. The molecule has 2 rings (SSSR count). The Hall–Kier alpha value is -3.70. The number of nitro groups is 1. The summed E-state index contributed by atoms with van der Waals surface area (Å²) in [4.78, 5) is 65.9. The molecule has 246 valence electrons. The summed E-state index contributed by atoms with van der Waals surface area (Å²) in [6.07, 6.45) is 1.60. The number of rotatable bonds is 16. The van der Waals surface area contributed by atoms with Gasteiger partial charge in [0.05, 0.1) is 31.1 Å². The number of nitrogens with zero attached hydrogens (tertiary/aromatic N) is 6. The third-order valence-corrected chi connectivity index (χ3v) is 7.59. The zero-order chi connectivity index (χ0) is 32.6. The summed E-state index contributed by atoms with van der Waals surface area (Å²) >= 11 is 0. The van der Waals surface area contributed by atoms with Crippen molar-refractivity contribution in [2.45, 2.75) is 25.3 Å². The van der Waals surface area contributed by atoms with E-state index >= 15 is 0 Å². The van der Waals surface area contributed by atoms with Gasteiger partial charge < -0.3 is 25.3 Å². The van der Waals surface area contributed by atoms with Crippen molar-refractivity contribution in [1.82, 2.24) is 24.5 Å². The molecule has 0 aliphatic carbocycles. The summed E-state index contributed by atoms with van der Waals surface area (Å²) in [5.41, 5.74) is 0.846. The lowest BCUT2D eigenvalue weighted by Gasteiger charge is -2.36. The van der Waals surface area contributed by atoms with E-state index in [1.54, 1.807) is 21.9 Å². The molecular weight excluding hydrogens is 580 g/mol. The van der Waals surface area contributed by atoms with E-state index < -0.39 is 47.9 Å². The highest BCUT2D eigenvalue weighted by atomic mass is 16.6. The second kappa shape index (κ2) is 18.9. The maximum atomic E-state index is 11.7. The van der Waals surface area contributed by atoms with Crippen molar-refractivity contribution < 1.29 is 44.5 Å². The number of carboxylic acids is 4. The van der Waals surface area contributed by atoms with Crippen molar-refractivity contribution in [2.24, 2.45) is 0 Å². The summed E-state index contributed by atoms with van der Waals surface area (Å²) < 4.78 is 0. The van der Waals surface area contributed by atoms with Gasteiger partial charge in [0.15, 0.2) is 0 Å². The lowest BCUT2D eigenvalue weighted by molar-refractivity contribution is -0.384. The van der Waals surface area contributed by atoms with Crippen LogP contribution in [0.2, 0.25) is 0 Å². The Morgan fingerprint density at radius 3 is 1.68 bits per heavy atom. The molecule has 1 atom stereocenters. The average Bonchev–Trinajstić information content (AvgIpc) is 2.93. The van der Waals surface area contributed by atoms with Gasteiger partial charge in [0.25, 0.3) is 5.69 Å². The number of nitro benzene ring substituents is 1. The summed E-state index contributed by atoms with van der Waals surface area (Å²) in [7, 11) is 1.92. The number of non-ortho nitro benzene ring substituents is 1. The zero-order valence-electron chi connectivity index (χ0n) is 25.1. The van der Waals surface area contributed by atoms with Crippen LogP contribution >= 0.6 is 0 Å². The van der Waals surface area contributed by atoms with Gasteiger partial charge in [0, 0.05) is 77.1 Å². The van der Waals surface area contributed by atoms with Crippen molar-refractivity contribution in [3.8, 4) is 0 Å². The average molecular weight is 625 g/mol. The number of aliphatic carboxylic acids is 4. The number of carbonyl (C=O) groups is 4. The Balaban J connectivity index is 2.23. The molecule has 0 saturated carbocycles. The highest BCUT2D eigenvalue weighted by Crippen LogP contribution is 2.17. The molecule has 1 aliphatic rings. The van der Waals surface area contributed by atoms with Crippen LogP contribution in [0.5, 0.6) is 0 Å². The van der Waals surface area contributed by atoms with Crippen molar-refractivity contribution >= 4 is 29.6 Å². The predicted octanol–water partition coefficient (Wildman–Crippen LogP) is -0.222. The van der Waals surface area contributed by atoms with Crippen LogP contribution in [-0.4, -0.2) is 172 Å². The van der Waals surface area contributed by atoms with Gasteiger partial charge in [-0.1, -0.05) is 12.1 Å². The van der Waals surface area contributed by atoms with Crippen molar-refractivity contribution in [3.05, 3.63) is 39.9 Å². The van der Waals surface area contributed by atoms with Gasteiger partial charge in [-0.2, -0.15) is 0 Å². The molecular formula is C28H44N6O10. The van der Waals surface area contributed by atoms with Crippen molar-refractivity contribution in [2.75, 3.05) is 92.1 Å². The summed E-state index contributed by atoms with van der Waals surface area (Å²) in [6.45, 7) is 2.79. The Bertz CT molecular complexity index is 1090. The van der Waals surface area contributed by atoms with E-state index in [9.17, 15) is 49.7 Å². The van der Waals surface area contributed by atoms with E-state index in [1.807, 2.05) is 7.05 Å². The molecule has 1 fully saturated rings. The Morgan fingerprint density at radius 1 is 0.773 bits per heavy atom. The first kappa shape index (κ1) is 36.5. The molecule has 1 heterocycles. The highest BCUT2D eigenvalue weighted by molar-refractivity contribution is 5.72. The zero-order valence-corrected chi connectivity index (χ0v) is 25.1. The largest absolute Gasteiger partial charge is 0.480 e. The van der Waals surface area contributed by atoms with E-state index in [1.165, 1.54) is 17.0 Å². The van der Waals surface area contributed by atoms with Gasteiger partial charge in [-0.3, -0.25) is 48.9 Å². The van der Waals surface area contributed by atoms with Crippen molar-refractivity contribution in [1.29, 1.82) is 0 Å². The molecule has 0 amide bonds. The number of hydrogen-bond acceptors (Lipinski definition) is 11. The fourth-order valence-electron chi connectivity index (χ4n) is 5.19. The van der Waals surface area contributed by atoms with Crippen LogP contribution in [0.25, 0.3) is 0 Å². The number of benzene rings is 1. The predicted molar refractivity (Wildman–Crippen MR) is 159 cm³/mol. The van der Waals surface area contributed by atoms with Crippen LogP contribution in [0.15, 0.2) is 24.3 Å². The number of carboxylic acid groups (broad SMARTS) is 4. The van der Waals surface area contributed by atoms with Crippen LogP contribution in [-0.2, 0) is 25.6 Å². The van der Waals surface area contributed by atoms with Gasteiger partial charge in [-0.25, -0.2) is 0 Å². The van der Waals surface area contributed by atoms with E-state index in [2.05, 4.69) is 9.80 Å². The molecule has 1 unspecified atom stereocenters. The fourth-order valence-corrected chi connectivity index (χ4v) is 5.19. The molecule has 1 aromatic rings. The number of likely N-dealkylation sites (N-methyl/N-ethyl adjacent to an activating group) is 1. The molecule has 44 heavy (non-hydrogen) atoms. The molecule has 0 radical (unpaired) electrons. The summed E-state index contributed by atoms with van der Waals surface area (Å²) in [6, 6.07) is 5.73. The number of aryl methyl sites for hydroxylation is 1. The minimum absolute atomic E-state index is 0.0208. The molecule has 4 N–H and O–H groups in total. The molecule has 1 aliphatic heterocycles. The second-order valence-electron chi connectivity index (χ2n) is 11.1. The molecule has 1 saturated heterocycles. The first-order valence-electron chi connectivity index (χ1n) is 14.5. The van der Waals surface area contributed by atoms with Gasteiger partial charge in [-0.05, 0) is 31.9 Å². The van der Waals surface area contributed by atoms with Crippen LogP contribution < -0.4 is 0 Å². The fraction of sp³-hybridized carbons (Fsp3) is 0.643. The normalized spacial score (nSPS) is 17.4. The Labute approximate surface area is 256 Å². The Morgan fingerprint density at radius 2 is 1.23 bits per heavy atom. The van der Waals surface area contributed by atoms with Crippen LogP contribution in [0, 0.1) is 10.1 Å². The quantitative estimate of drug-likeness (QED) is 0.138. The molecule has 16 heteroatoms. The molecule has 0 aromatic heterocycles. The summed E-state index contributed by atoms with van der Waals surface area (Å²) in [5.74, 6) is -4.27. The van der Waals surface area contributed by atoms with Gasteiger partial charge in [-0.15, -0.1) is 0 Å². The standard InChI is InChI=1S/C28H44N6O10/c1-29-9-11-30(13-14-32(19-26(37)38)16-15-31(12-10-29)18-25(35)36)17-24(33(20-27(39)40)21-28(41)42)4-2-3-22-5-7-23(8-6-22)34(43)44/h5-8,24H,2-4,9-21H2,1H3,(H,35,36)(H,37,38)(H,39,40)(H,41,42). The van der Waals surface area contributed by atoms with Crippen LogP contribution in [0.1, 0.15) is 18.4 Å². The SMILES string of the molecule is CN1CCN(CC(=O)O)CCN(CC(=O)O)CCN(CC(CCCc2ccc([N+](=O)[O-])cc2)N(CC(=O)O)CC(=O)O)CC1. The van der Waals surface area contributed by atoms with Crippen molar-refractivity contribution in [3.63, 3.8) is 0 Å². The first-order chi connectivity index (χ1) is 20.8. The van der Waals surface area contributed by atoms with Gasteiger partial charge >= 0.3 is 23.9 Å². The monoisotopic (exact) mass is 624 g/mol. The van der Waals surface area contributed by atoms with Gasteiger partial charge in [0.1, 0.15) is 0 Å². The van der Waals surface area contributed by atoms with E-state index in [-0.39, 0.29) is 18.8 Å². The maximum Gasteiger partial charge on any atom is 0.317 e. The molecule has 16 nitrogen and oxygen atoms in total. The van der Waals surface area contributed by atoms with E-state index in [0.717, 1.165) is 5.56 Å². The molecule has 0 spiro atoms. The molecule has 1 aromatic carbocycles. The minimum atomic E-state index is -1.15. The number of hydrogen-bond donors (Lipinski definition) is 4. The third kappa shape index (κ3) is 14.7. The highest BCUT2D eigenvalue weighted by Gasteiger charge is 2.26. The van der Waals surface area contributed by atoms with E-state index in [4.69, 9.17) is 0 Å². The second-order valence-corrected chi connectivity index (χ2v) is 11.1. The third-order valence-electron chi connectivity index (χ3n) is 7.59. The maximum absolute atomic E-state index is 11.7. The molecule has 0 bridgehead atoms. The minimum Gasteiger partial charge on any atom is -0.480 e. The van der Waals surface area contributed by atoms with Gasteiger partial charge in [0.2, 0.25) is 0 Å². The van der Waals surface area contributed by atoms with Crippen LogP contribution in [0.3, 0.4) is 0 Å². The van der Waals surface area contributed by atoms with E-state index in [0.29, 0.717) is 78.2 Å².